The summed E-state index contributed by atoms with van der Waals surface area (Å²) >= 11 is 0. The molecule has 3 heterocycles. The van der Waals surface area contributed by atoms with E-state index in [0.29, 0.717) is 6.61 Å². The van der Waals surface area contributed by atoms with Gasteiger partial charge < -0.3 is 19.5 Å². The van der Waals surface area contributed by atoms with Crippen LogP contribution in [0.5, 0.6) is 0 Å². The van der Waals surface area contributed by atoms with Gasteiger partial charge in [-0.25, -0.2) is 0 Å². The molecule has 1 saturated heterocycles. The third-order valence-electron chi connectivity index (χ3n) is 5.71. The fourth-order valence-electron chi connectivity index (χ4n) is 4.61. The maximum Gasteiger partial charge on any atom is 0.248 e. The van der Waals surface area contributed by atoms with Gasteiger partial charge in [0.25, 0.3) is 0 Å². The van der Waals surface area contributed by atoms with Gasteiger partial charge in [0.1, 0.15) is 11.8 Å². The van der Waals surface area contributed by atoms with Gasteiger partial charge in [-0.05, 0) is 43.9 Å². The SMILES string of the molecule is CC(C)[C@H]1C(=O)N2[C@@H](COC2(C)C)Cc2c[nH]c3cccc(c23)N1C. The van der Waals surface area contributed by atoms with Crippen molar-refractivity contribution in [3.63, 3.8) is 0 Å². The number of aromatic nitrogens is 1. The Hall–Kier alpha value is -2.01. The molecule has 0 bridgehead atoms. The molecular weight excluding hydrogens is 314 g/mol. The minimum absolute atomic E-state index is 0.0716. The number of H-pyrrole nitrogens is 1. The summed E-state index contributed by atoms with van der Waals surface area (Å²) < 4.78 is 6.01. The van der Waals surface area contributed by atoms with Gasteiger partial charge in [-0.2, -0.15) is 0 Å². The molecule has 0 saturated carbocycles. The highest BCUT2D eigenvalue weighted by atomic mass is 16.5. The van der Waals surface area contributed by atoms with Gasteiger partial charge >= 0.3 is 0 Å². The molecule has 2 aliphatic rings. The van der Waals surface area contributed by atoms with Crippen LogP contribution < -0.4 is 4.90 Å². The lowest BCUT2D eigenvalue weighted by Crippen LogP contribution is -2.57. The normalized spacial score (nSPS) is 25.9. The molecular formula is C20H27N3O2. The van der Waals surface area contributed by atoms with Crippen molar-refractivity contribution >= 4 is 22.5 Å². The number of carbonyl (C=O) groups excluding carboxylic acids is 1. The van der Waals surface area contributed by atoms with Crippen molar-refractivity contribution in [2.45, 2.75) is 51.9 Å². The van der Waals surface area contributed by atoms with Crippen LogP contribution in [0.1, 0.15) is 33.3 Å². The number of rotatable bonds is 1. The van der Waals surface area contributed by atoms with Crippen molar-refractivity contribution in [1.82, 2.24) is 9.88 Å². The molecule has 25 heavy (non-hydrogen) atoms. The van der Waals surface area contributed by atoms with Crippen LogP contribution in [-0.4, -0.2) is 47.3 Å². The zero-order chi connectivity index (χ0) is 17.9. The molecule has 1 fully saturated rings. The predicted octanol–water partition coefficient (Wildman–Crippen LogP) is 3.15. The van der Waals surface area contributed by atoms with Crippen molar-refractivity contribution in [2.24, 2.45) is 5.92 Å². The van der Waals surface area contributed by atoms with E-state index in [1.54, 1.807) is 0 Å². The summed E-state index contributed by atoms with van der Waals surface area (Å²) in [4.78, 5) is 21.1. The standard InChI is InChI=1S/C20H27N3O2/c1-12(2)18-19(24)23-14(11-25-20(23,3)4)9-13-10-21-15-7-6-8-16(17(13)15)22(18)5/h6-8,10,12,14,18,21H,9,11H2,1-5H3/t14-,18+/m1/s1. The van der Waals surface area contributed by atoms with Gasteiger partial charge in [0, 0.05) is 29.8 Å². The van der Waals surface area contributed by atoms with E-state index < -0.39 is 5.72 Å². The molecule has 0 unspecified atom stereocenters. The summed E-state index contributed by atoms with van der Waals surface area (Å²) in [6, 6.07) is 6.15. The second-order valence-electron chi connectivity index (χ2n) is 8.14. The second-order valence-corrected chi connectivity index (χ2v) is 8.14. The fraction of sp³-hybridized carbons (Fsp3) is 0.550. The molecule has 1 N–H and O–H groups in total. The number of amides is 1. The van der Waals surface area contributed by atoms with Crippen molar-refractivity contribution in [1.29, 1.82) is 0 Å². The Morgan fingerprint density at radius 1 is 1.32 bits per heavy atom. The fourth-order valence-corrected chi connectivity index (χ4v) is 4.61. The first-order valence-electron chi connectivity index (χ1n) is 9.10. The van der Waals surface area contributed by atoms with Gasteiger partial charge in [0.05, 0.1) is 12.6 Å². The van der Waals surface area contributed by atoms with E-state index in [4.69, 9.17) is 4.74 Å². The molecule has 5 nitrogen and oxygen atoms in total. The highest BCUT2D eigenvalue weighted by molar-refractivity contribution is 5.98. The number of fused-ring (bicyclic) bond motifs is 1. The minimum atomic E-state index is -0.568. The topological polar surface area (TPSA) is 48.6 Å². The molecule has 2 aromatic rings. The summed E-state index contributed by atoms with van der Waals surface area (Å²) in [5.74, 6) is 0.362. The smallest absolute Gasteiger partial charge is 0.248 e. The highest BCUT2D eigenvalue weighted by Gasteiger charge is 2.48. The lowest BCUT2D eigenvalue weighted by Gasteiger charge is -2.40. The average Bonchev–Trinajstić information content (AvgIpc) is 3.08. The Bertz CT molecular complexity index is 823. The number of benzene rings is 1. The third kappa shape index (κ3) is 2.36. The van der Waals surface area contributed by atoms with E-state index in [9.17, 15) is 4.79 Å². The Morgan fingerprint density at radius 3 is 2.80 bits per heavy atom. The molecule has 0 radical (unpaired) electrons. The van der Waals surface area contributed by atoms with Crippen LogP contribution in [0.4, 0.5) is 5.69 Å². The number of nitrogens with zero attached hydrogens (tertiary/aromatic N) is 2. The van der Waals surface area contributed by atoms with Crippen LogP contribution in [0.3, 0.4) is 0 Å². The van der Waals surface area contributed by atoms with E-state index in [0.717, 1.165) is 17.6 Å². The zero-order valence-electron chi connectivity index (χ0n) is 15.7. The number of aromatic amines is 1. The van der Waals surface area contributed by atoms with Crippen LogP contribution in [0.25, 0.3) is 10.9 Å². The Labute approximate surface area is 148 Å². The van der Waals surface area contributed by atoms with E-state index in [1.807, 2.05) is 25.8 Å². The maximum atomic E-state index is 13.6. The number of nitrogens with one attached hydrogen (secondary N) is 1. The minimum Gasteiger partial charge on any atom is -0.362 e. The molecule has 1 aromatic heterocycles. The Balaban J connectivity index is 1.95. The van der Waals surface area contributed by atoms with E-state index in [2.05, 4.69) is 48.1 Å². The molecule has 2 atom stereocenters. The number of ether oxygens (including phenoxy) is 1. The van der Waals surface area contributed by atoms with Gasteiger partial charge in [-0.15, -0.1) is 0 Å². The highest BCUT2D eigenvalue weighted by Crippen LogP contribution is 2.38. The molecule has 1 aromatic carbocycles. The molecule has 134 valence electrons. The Kier molecular flexibility index (Phi) is 3.62. The van der Waals surface area contributed by atoms with Crippen molar-refractivity contribution in [3.8, 4) is 0 Å². The van der Waals surface area contributed by atoms with Gasteiger partial charge in [0.2, 0.25) is 5.91 Å². The first-order chi connectivity index (χ1) is 11.8. The number of likely N-dealkylation sites (N-methyl/N-ethyl adjacent to an activating group) is 1. The maximum absolute atomic E-state index is 13.6. The first-order valence-corrected chi connectivity index (χ1v) is 9.10. The summed E-state index contributed by atoms with van der Waals surface area (Å²) in [6.07, 6.45) is 2.90. The average molecular weight is 341 g/mol. The molecule has 4 rings (SSSR count). The van der Waals surface area contributed by atoms with Crippen LogP contribution >= 0.6 is 0 Å². The van der Waals surface area contributed by atoms with E-state index in [-0.39, 0.29) is 23.9 Å². The van der Waals surface area contributed by atoms with Gasteiger partial charge in [-0.1, -0.05) is 19.9 Å². The van der Waals surface area contributed by atoms with Crippen LogP contribution in [-0.2, 0) is 16.0 Å². The second kappa shape index (κ2) is 5.49. The number of hydrogen-bond donors (Lipinski definition) is 1. The third-order valence-corrected chi connectivity index (χ3v) is 5.71. The van der Waals surface area contributed by atoms with Crippen molar-refractivity contribution in [2.75, 3.05) is 18.6 Å². The lowest BCUT2D eigenvalue weighted by atomic mass is 9.99. The summed E-state index contributed by atoms with van der Waals surface area (Å²) in [5, 5.41) is 1.23. The Morgan fingerprint density at radius 2 is 2.08 bits per heavy atom. The molecule has 1 amide bonds. The quantitative estimate of drug-likeness (QED) is 0.867. The summed E-state index contributed by atoms with van der Waals surface area (Å²) in [6.45, 7) is 8.82. The molecule has 2 aliphatic heterocycles. The van der Waals surface area contributed by atoms with Crippen LogP contribution in [0.2, 0.25) is 0 Å². The van der Waals surface area contributed by atoms with Crippen molar-refractivity contribution < 1.29 is 9.53 Å². The zero-order valence-corrected chi connectivity index (χ0v) is 15.7. The molecule has 5 heteroatoms. The molecule has 0 aliphatic carbocycles. The first kappa shape index (κ1) is 16.5. The number of hydrogen-bond acceptors (Lipinski definition) is 3. The predicted molar refractivity (Wildman–Crippen MR) is 99.7 cm³/mol. The van der Waals surface area contributed by atoms with Crippen molar-refractivity contribution in [3.05, 3.63) is 30.0 Å². The molecule has 0 spiro atoms. The number of carbonyl (C=O) groups is 1. The largest absolute Gasteiger partial charge is 0.362 e. The van der Waals surface area contributed by atoms with Gasteiger partial charge in [0.15, 0.2) is 0 Å². The van der Waals surface area contributed by atoms with Crippen LogP contribution in [0, 0.1) is 5.92 Å². The lowest BCUT2D eigenvalue weighted by molar-refractivity contribution is -0.148. The monoisotopic (exact) mass is 341 g/mol. The van der Waals surface area contributed by atoms with E-state index in [1.165, 1.54) is 10.9 Å². The summed E-state index contributed by atoms with van der Waals surface area (Å²) in [5.41, 5.74) is 2.94. The van der Waals surface area contributed by atoms with Crippen LogP contribution in [0.15, 0.2) is 24.4 Å². The van der Waals surface area contributed by atoms with E-state index >= 15 is 0 Å². The number of anilines is 1. The van der Waals surface area contributed by atoms with Gasteiger partial charge in [-0.3, -0.25) is 4.79 Å². The summed E-state index contributed by atoms with van der Waals surface area (Å²) in [7, 11) is 2.04.